The Balaban J connectivity index is 0.00000210. The third-order valence-electron chi connectivity index (χ3n) is 5.35. The summed E-state index contributed by atoms with van der Waals surface area (Å²) in [5.41, 5.74) is 0.0909. The molecule has 2 aromatic rings. The highest BCUT2D eigenvalue weighted by molar-refractivity contribution is 5.85. The van der Waals surface area contributed by atoms with Gasteiger partial charge < -0.3 is 13.9 Å². The molecule has 3 heterocycles. The Kier molecular flexibility index (Phi) is 6.70. The van der Waals surface area contributed by atoms with Gasteiger partial charge in [0.2, 0.25) is 0 Å². The van der Waals surface area contributed by atoms with E-state index in [9.17, 15) is 9.59 Å². The first kappa shape index (κ1) is 20.1. The zero-order valence-electron chi connectivity index (χ0n) is 15.2. The molecular formula is C19H25ClN2O5. The predicted octanol–water partition coefficient (Wildman–Crippen LogP) is 1.85. The Morgan fingerprint density at radius 3 is 2.48 bits per heavy atom. The van der Waals surface area contributed by atoms with E-state index in [-0.39, 0.29) is 24.3 Å². The molecule has 1 aromatic carbocycles. The largest absolute Gasteiger partial charge is 0.422 e. The van der Waals surface area contributed by atoms with Gasteiger partial charge in [-0.15, -0.1) is 12.4 Å². The van der Waals surface area contributed by atoms with Crippen molar-refractivity contribution in [2.75, 3.05) is 32.8 Å². The van der Waals surface area contributed by atoms with Crippen LogP contribution in [-0.2, 0) is 16.0 Å². The topological polar surface area (TPSA) is 73.9 Å². The van der Waals surface area contributed by atoms with E-state index < -0.39 is 5.76 Å². The Hall–Kier alpha value is -1.67. The molecule has 4 rings (SSSR count). The lowest BCUT2D eigenvalue weighted by Crippen LogP contribution is -2.40. The van der Waals surface area contributed by atoms with Crippen LogP contribution in [0.15, 0.2) is 38.3 Å². The fraction of sp³-hybridized carbons (Fsp3) is 0.579. The fourth-order valence-electron chi connectivity index (χ4n) is 3.80. The second-order valence-corrected chi connectivity index (χ2v) is 7.02. The second kappa shape index (κ2) is 9.01. The van der Waals surface area contributed by atoms with Gasteiger partial charge in [0, 0.05) is 13.1 Å². The van der Waals surface area contributed by atoms with Gasteiger partial charge in [0.05, 0.1) is 18.6 Å². The van der Waals surface area contributed by atoms with Crippen molar-refractivity contribution in [3.63, 3.8) is 0 Å². The summed E-state index contributed by atoms with van der Waals surface area (Å²) in [4.78, 5) is 27.0. The summed E-state index contributed by atoms with van der Waals surface area (Å²) in [6.45, 7) is 4.59. The number of para-hydroxylation sites is 1. The molecule has 2 saturated heterocycles. The van der Waals surface area contributed by atoms with Crippen LogP contribution in [0, 0.1) is 5.92 Å². The van der Waals surface area contributed by atoms with Gasteiger partial charge in [-0.1, -0.05) is 12.1 Å². The van der Waals surface area contributed by atoms with Crippen LogP contribution < -0.4 is 11.3 Å². The molecule has 7 nitrogen and oxygen atoms in total. The Labute approximate surface area is 163 Å². The maximum atomic E-state index is 12.5. The summed E-state index contributed by atoms with van der Waals surface area (Å²) in [6.07, 6.45) is 2.83. The Morgan fingerprint density at radius 2 is 1.74 bits per heavy atom. The van der Waals surface area contributed by atoms with Crippen molar-refractivity contribution < 1.29 is 13.9 Å². The van der Waals surface area contributed by atoms with Gasteiger partial charge in [-0.3, -0.25) is 9.69 Å². The first-order chi connectivity index (χ1) is 12.7. The molecule has 0 N–H and O–H groups in total. The smallest absolute Gasteiger partial charge is 0.409 e. The number of fused-ring (bicyclic) bond motifs is 1. The number of nitrogens with zero attached hydrogens (tertiary/aromatic N) is 2. The third-order valence-corrected chi connectivity index (χ3v) is 5.35. The number of piperidine rings is 1. The fourth-order valence-corrected chi connectivity index (χ4v) is 3.80. The van der Waals surface area contributed by atoms with E-state index in [1.54, 1.807) is 24.3 Å². The van der Waals surface area contributed by atoms with Crippen LogP contribution in [0.3, 0.4) is 0 Å². The van der Waals surface area contributed by atoms with Gasteiger partial charge in [0.1, 0.15) is 5.58 Å². The Morgan fingerprint density at radius 1 is 1.04 bits per heavy atom. The van der Waals surface area contributed by atoms with Crippen LogP contribution in [-0.4, -0.2) is 48.6 Å². The molecule has 0 bridgehead atoms. The molecule has 2 aliphatic heterocycles. The number of aromatic nitrogens is 1. The molecule has 0 radical (unpaired) electrons. The molecule has 2 fully saturated rings. The molecule has 0 aliphatic carbocycles. The molecule has 0 amide bonds. The predicted molar refractivity (Wildman–Crippen MR) is 103 cm³/mol. The number of hydrogen-bond acceptors (Lipinski definition) is 6. The monoisotopic (exact) mass is 396 g/mol. The normalized spacial score (nSPS) is 19.4. The lowest BCUT2D eigenvalue weighted by atomic mass is 9.93. The van der Waals surface area contributed by atoms with Crippen molar-refractivity contribution in [1.29, 1.82) is 0 Å². The Bertz CT molecular complexity index is 866. The second-order valence-electron chi connectivity index (χ2n) is 7.02. The molecule has 0 unspecified atom stereocenters. The van der Waals surface area contributed by atoms with Gasteiger partial charge in [-0.05, 0) is 50.4 Å². The van der Waals surface area contributed by atoms with E-state index in [1.807, 2.05) is 0 Å². The molecule has 1 aromatic heterocycles. The molecule has 2 aliphatic rings. The van der Waals surface area contributed by atoms with Crippen LogP contribution in [0.5, 0.6) is 0 Å². The standard InChI is InChI=1S/C19H24N2O5.ClH/c22-18-15-3-1-2-4-16(15)26-19(23)21(18)10-7-14-5-8-20(9-6-14)13-17-24-11-12-25-17;/h1-4,14,17H,5-13H2;1H. The summed E-state index contributed by atoms with van der Waals surface area (Å²) in [6, 6.07) is 6.88. The van der Waals surface area contributed by atoms with Crippen molar-refractivity contribution in [1.82, 2.24) is 9.47 Å². The van der Waals surface area contributed by atoms with Gasteiger partial charge in [0.25, 0.3) is 5.56 Å². The average molecular weight is 397 g/mol. The van der Waals surface area contributed by atoms with Crippen LogP contribution >= 0.6 is 12.4 Å². The highest BCUT2D eigenvalue weighted by Crippen LogP contribution is 2.22. The third kappa shape index (κ3) is 4.60. The SMILES string of the molecule is Cl.O=c1oc2ccccc2c(=O)n1CCC1CCN(CC2OCCO2)CC1. The van der Waals surface area contributed by atoms with Gasteiger partial charge in [-0.25, -0.2) is 9.36 Å². The minimum absolute atomic E-state index is 0. The number of hydrogen-bond donors (Lipinski definition) is 0. The highest BCUT2D eigenvalue weighted by Gasteiger charge is 2.24. The summed E-state index contributed by atoms with van der Waals surface area (Å²) in [5, 5.41) is 0.457. The zero-order chi connectivity index (χ0) is 17.9. The first-order valence-electron chi connectivity index (χ1n) is 9.29. The van der Waals surface area contributed by atoms with Crippen LogP contribution in [0.25, 0.3) is 11.0 Å². The summed E-state index contributed by atoms with van der Waals surface area (Å²) in [7, 11) is 0. The number of benzene rings is 1. The summed E-state index contributed by atoms with van der Waals surface area (Å²) >= 11 is 0. The first-order valence-corrected chi connectivity index (χ1v) is 9.29. The summed E-state index contributed by atoms with van der Waals surface area (Å²) in [5.74, 6) is -0.0592. The van der Waals surface area contributed by atoms with Crippen molar-refractivity contribution in [2.24, 2.45) is 5.92 Å². The van der Waals surface area contributed by atoms with Crippen molar-refractivity contribution in [3.8, 4) is 0 Å². The minimum atomic E-state index is -0.568. The molecule has 27 heavy (non-hydrogen) atoms. The van der Waals surface area contributed by atoms with Gasteiger partial charge in [0.15, 0.2) is 6.29 Å². The maximum Gasteiger partial charge on any atom is 0.422 e. The maximum absolute atomic E-state index is 12.5. The molecule has 0 atom stereocenters. The van der Waals surface area contributed by atoms with Crippen LogP contribution in [0.2, 0.25) is 0 Å². The number of rotatable bonds is 5. The van der Waals surface area contributed by atoms with E-state index in [0.717, 1.165) is 38.9 Å². The minimum Gasteiger partial charge on any atom is -0.409 e. The molecule has 0 saturated carbocycles. The molecule has 0 spiro atoms. The molecule has 148 valence electrons. The van der Waals surface area contributed by atoms with Crippen molar-refractivity contribution in [3.05, 3.63) is 45.2 Å². The lowest BCUT2D eigenvalue weighted by Gasteiger charge is -2.32. The van der Waals surface area contributed by atoms with Gasteiger partial charge in [-0.2, -0.15) is 0 Å². The zero-order valence-corrected chi connectivity index (χ0v) is 16.0. The van der Waals surface area contributed by atoms with E-state index in [0.29, 0.717) is 36.6 Å². The van der Waals surface area contributed by atoms with E-state index in [1.165, 1.54) is 4.57 Å². The lowest BCUT2D eigenvalue weighted by molar-refractivity contribution is -0.0662. The van der Waals surface area contributed by atoms with E-state index in [4.69, 9.17) is 13.9 Å². The van der Waals surface area contributed by atoms with Crippen LogP contribution in [0.1, 0.15) is 19.3 Å². The van der Waals surface area contributed by atoms with Crippen LogP contribution in [0.4, 0.5) is 0 Å². The summed E-state index contributed by atoms with van der Waals surface area (Å²) < 4.78 is 17.5. The number of halogens is 1. The van der Waals surface area contributed by atoms with E-state index >= 15 is 0 Å². The van der Waals surface area contributed by atoms with Crippen molar-refractivity contribution >= 4 is 23.4 Å². The van der Waals surface area contributed by atoms with Gasteiger partial charge >= 0.3 is 5.76 Å². The molecular weight excluding hydrogens is 372 g/mol. The average Bonchev–Trinajstić information content (AvgIpc) is 3.16. The van der Waals surface area contributed by atoms with E-state index in [2.05, 4.69) is 4.90 Å². The van der Waals surface area contributed by atoms with Crippen molar-refractivity contribution in [2.45, 2.75) is 32.1 Å². The quantitative estimate of drug-likeness (QED) is 0.768. The number of likely N-dealkylation sites (tertiary alicyclic amines) is 1. The molecule has 8 heteroatoms. The highest BCUT2D eigenvalue weighted by atomic mass is 35.5. The number of ether oxygens (including phenoxy) is 2.